The van der Waals surface area contributed by atoms with Crippen LogP contribution in [0.25, 0.3) is 0 Å². The van der Waals surface area contributed by atoms with Crippen LogP contribution in [-0.4, -0.2) is 61.7 Å². The molecule has 104 valence electrons. The van der Waals surface area contributed by atoms with Crippen LogP contribution >= 0.6 is 0 Å². The molecule has 3 saturated heterocycles. The average Bonchev–Trinajstić information content (AvgIpc) is 2.63. The third-order valence-electron chi connectivity index (χ3n) is 5.70. The zero-order chi connectivity index (χ0) is 12.5. The van der Waals surface area contributed by atoms with E-state index in [1.165, 1.54) is 58.2 Å². The van der Waals surface area contributed by atoms with Gasteiger partial charge < -0.3 is 15.1 Å². The van der Waals surface area contributed by atoms with Gasteiger partial charge in [0.05, 0.1) is 0 Å². The number of hydrogen-bond acceptors (Lipinski definition) is 3. The molecular formula is C15H29N3. The second-order valence-electron chi connectivity index (χ2n) is 6.81. The molecule has 0 spiro atoms. The molecule has 0 radical (unpaired) electrons. The summed E-state index contributed by atoms with van der Waals surface area (Å²) in [5, 5.41) is 3.47. The lowest BCUT2D eigenvalue weighted by atomic mass is 9.93. The van der Waals surface area contributed by atoms with Crippen molar-refractivity contribution in [3.8, 4) is 0 Å². The van der Waals surface area contributed by atoms with Crippen molar-refractivity contribution >= 4 is 0 Å². The molecule has 2 bridgehead atoms. The zero-order valence-corrected chi connectivity index (χ0v) is 12.1. The Morgan fingerprint density at radius 3 is 2.28 bits per heavy atom. The molecule has 0 aliphatic carbocycles. The van der Waals surface area contributed by atoms with Crippen LogP contribution in [0.2, 0.25) is 0 Å². The van der Waals surface area contributed by atoms with E-state index in [2.05, 4.69) is 29.2 Å². The van der Waals surface area contributed by atoms with Crippen molar-refractivity contribution in [2.45, 2.75) is 56.7 Å². The van der Waals surface area contributed by atoms with Crippen molar-refractivity contribution < 1.29 is 0 Å². The monoisotopic (exact) mass is 251 g/mol. The fourth-order valence-electron chi connectivity index (χ4n) is 4.36. The molecule has 3 fully saturated rings. The van der Waals surface area contributed by atoms with Gasteiger partial charge in [-0.15, -0.1) is 0 Å². The predicted molar refractivity (Wildman–Crippen MR) is 75.8 cm³/mol. The number of fused-ring (bicyclic) bond motifs is 2. The fourth-order valence-corrected chi connectivity index (χ4v) is 4.36. The van der Waals surface area contributed by atoms with Gasteiger partial charge in [-0.25, -0.2) is 0 Å². The molecule has 0 saturated carbocycles. The molecular weight excluding hydrogens is 222 g/mol. The Bertz CT molecular complexity index is 261. The van der Waals surface area contributed by atoms with E-state index in [1.807, 2.05) is 0 Å². The van der Waals surface area contributed by atoms with E-state index in [4.69, 9.17) is 0 Å². The molecule has 3 heteroatoms. The standard InChI is InChI=1S/C15H29N3/c1-17(11-12-5-7-16-8-6-12)15-9-13-3-4-14(10-15)18(13)2/h12-16H,3-11H2,1-2H3. The van der Waals surface area contributed by atoms with E-state index in [9.17, 15) is 0 Å². The van der Waals surface area contributed by atoms with Crippen LogP contribution in [0.3, 0.4) is 0 Å². The van der Waals surface area contributed by atoms with Gasteiger partial charge in [0.1, 0.15) is 0 Å². The Morgan fingerprint density at radius 2 is 1.67 bits per heavy atom. The first-order valence-corrected chi connectivity index (χ1v) is 7.87. The van der Waals surface area contributed by atoms with Gasteiger partial charge in [0.15, 0.2) is 0 Å². The summed E-state index contributed by atoms with van der Waals surface area (Å²) in [5.74, 6) is 0.938. The highest BCUT2D eigenvalue weighted by atomic mass is 15.2. The molecule has 2 unspecified atom stereocenters. The highest BCUT2D eigenvalue weighted by molar-refractivity contribution is 4.96. The van der Waals surface area contributed by atoms with Crippen molar-refractivity contribution in [3.05, 3.63) is 0 Å². The normalized spacial score (nSPS) is 38.5. The average molecular weight is 251 g/mol. The minimum Gasteiger partial charge on any atom is -0.317 e. The molecule has 0 aromatic heterocycles. The van der Waals surface area contributed by atoms with Crippen LogP contribution in [0.5, 0.6) is 0 Å². The summed E-state index contributed by atoms with van der Waals surface area (Å²) in [4.78, 5) is 5.34. The summed E-state index contributed by atoms with van der Waals surface area (Å²) in [6, 6.07) is 2.61. The maximum Gasteiger partial charge on any atom is 0.0122 e. The summed E-state index contributed by atoms with van der Waals surface area (Å²) >= 11 is 0. The minimum absolute atomic E-state index is 0.855. The Morgan fingerprint density at radius 1 is 1.06 bits per heavy atom. The molecule has 3 nitrogen and oxygen atoms in total. The topological polar surface area (TPSA) is 18.5 Å². The quantitative estimate of drug-likeness (QED) is 0.821. The zero-order valence-electron chi connectivity index (χ0n) is 12.1. The molecule has 18 heavy (non-hydrogen) atoms. The third kappa shape index (κ3) is 2.59. The Labute approximate surface area is 112 Å². The number of hydrogen-bond donors (Lipinski definition) is 1. The number of rotatable bonds is 3. The Hall–Kier alpha value is -0.120. The van der Waals surface area contributed by atoms with Crippen LogP contribution in [0, 0.1) is 5.92 Å². The van der Waals surface area contributed by atoms with Gasteiger partial charge in [0.25, 0.3) is 0 Å². The predicted octanol–water partition coefficient (Wildman–Crippen LogP) is 1.54. The van der Waals surface area contributed by atoms with Crippen LogP contribution in [-0.2, 0) is 0 Å². The summed E-state index contributed by atoms with van der Waals surface area (Å²) in [6.07, 6.45) is 8.47. The van der Waals surface area contributed by atoms with Crippen LogP contribution in [0.15, 0.2) is 0 Å². The van der Waals surface area contributed by atoms with E-state index in [-0.39, 0.29) is 0 Å². The number of piperidine rings is 2. The smallest absolute Gasteiger partial charge is 0.0122 e. The molecule has 1 N–H and O–H groups in total. The highest BCUT2D eigenvalue weighted by Crippen LogP contribution is 2.36. The second-order valence-corrected chi connectivity index (χ2v) is 6.81. The van der Waals surface area contributed by atoms with Crippen molar-refractivity contribution in [1.82, 2.24) is 15.1 Å². The summed E-state index contributed by atoms with van der Waals surface area (Å²) < 4.78 is 0. The fraction of sp³-hybridized carbons (Fsp3) is 1.00. The first-order chi connectivity index (χ1) is 8.74. The van der Waals surface area contributed by atoms with E-state index in [1.54, 1.807) is 0 Å². The maximum absolute atomic E-state index is 3.47. The van der Waals surface area contributed by atoms with Crippen LogP contribution < -0.4 is 5.32 Å². The first-order valence-electron chi connectivity index (χ1n) is 7.87. The summed E-state index contributed by atoms with van der Waals surface area (Å²) in [6.45, 7) is 3.80. The number of nitrogens with zero attached hydrogens (tertiary/aromatic N) is 2. The van der Waals surface area contributed by atoms with Gasteiger partial charge >= 0.3 is 0 Å². The second kappa shape index (κ2) is 5.48. The van der Waals surface area contributed by atoms with E-state index in [0.29, 0.717) is 0 Å². The SMILES string of the molecule is CN(CC1CCNCC1)C1CC2CCC(C1)N2C. The number of nitrogens with one attached hydrogen (secondary N) is 1. The van der Waals surface area contributed by atoms with E-state index in [0.717, 1.165) is 24.0 Å². The van der Waals surface area contributed by atoms with E-state index < -0.39 is 0 Å². The summed E-state index contributed by atoms with van der Waals surface area (Å²) in [7, 11) is 4.71. The van der Waals surface area contributed by atoms with Crippen molar-refractivity contribution in [3.63, 3.8) is 0 Å². The largest absolute Gasteiger partial charge is 0.317 e. The van der Waals surface area contributed by atoms with Gasteiger partial charge in [0, 0.05) is 24.7 Å². The molecule has 3 rings (SSSR count). The highest BCUT2D eigenvalue weighted by Gasteiger charge is 2.39. The molecule has 0 aromatic rings. The van der Waals surface area contributed by atoms with Gasteiger partial charge in [0.2, 0.25) is 0 Å². The molecule has 2 atom stereocenters. The Balaban J connectivity index is 1.52. The molecule has 3 aliphatic heterocycles. The van der Waals surface area contributed by atoms with Gasteiger partial charge in [-0.3, -0.25) is 0 Å². The first kappa shape index (κ1) is 12.9. The maximum atomic E-state index is 3.47. The molecule has 0 amide bonds. The van der Waals surface area contributed by atoms with Gasteiger partial charge in [-0.1, -0.05) is 0 Å². The minimum atomic E-state index is 0.855. The molecule has 0 aromatic carbocycles. The molecule has 3 heterocycles. The summed E-state index contributed by atoms with van der Waals surface area (Å²) in [5.41, 5.74) is 0. The lowest BCUT2D eigenvalue weighted by Crippen LogP contribution is -2.49. The van der Waals surface area contributed by atoms with Crippen molar-refractivity contribution in [1.29, 1.82) is 0 Å². The Kier molecular flexibility index (Phi) is 3.92. The van der Waals surface area contributed by atoms with Crippen molar-refractivity contribution in [2.75, 3.05) is 33.7 Å². The van der Waals surface area contributed by atoms with Gasteiger partial charge in [-0.2, -0.15) is 0 Å². The lowest BCUT2D eigenvalue weighted by Gasteiger charge is -2.41. The van der Waals surface area contributed by atoms with Gasteiger partial charge in [-0.05, 0) is 71.6 Å². The third-order valence-corrected chi connectivity index (χ3v) is 5.70. The van der Waals surface area contributed by atoms with E-state index >= 15 is 0 Å². The van der Waals surface area contributed by atoms with Crippen LogP contribution in [0.1, 0.15) is 38.5 Å². The van der Waals surface area contributed by atoms with Crippen LogP contribution in [0.4, 0.5) is 0 Å². The molecule has 3 aliphatic rings. The lowest BCUT2D eigenvalue weighted by molar-refractivity contribution is 0.0781. The van der Waals surface area contributed by atoms with Crippen molar-refractivity contribution in [2.24, 2.45) is 5.92 Å².